The Labute approximate surface area is 252 Å². The summed E-state index contributed by atoms with van der Waals surface area (Å²) in [7, 11) is -1.79. The highest BCUT2D eigenvalue weighted by Crippen LogP contribution is 2.36. The summed E-state index contributed by atoms with van der Waals surface area (Å²) < 4.78 is 31.6. The van der Waals surface area contributed by atoms with Crippen molar-refractivity contribution in [2.45, 2.75) is 58.0 Å². The number of anilines is 1. The Bertz CT molecular complexity index is 1790. The second-order valence-corrected chi connectivity index (χ2v) is 13.3. The van der Waals surface area contributed by atoms with E-state index in [4.69, 9.17) is 0 Å². The van der Waals surface area contributed by atoms with Crippen LogP contribution in [0.4, 0.5) is 5.82 Å². The average Bonchev–Trinajstić information content (AvgIpc) is 3.30. The standard InChI is InChI=1S/C30H35N7O4S.CH4/c1-19-7-8-22(26(15-28(38)39)25-9-11-36-21(3)32-33-29(36)20(25)2)14-23(19)16-35-18-24-17-34(4)12-13-37(24)30-27(42(35,40)41)6-5-10-31-30;/h5-11,14,24,26H,12-13,15-18H2,1-4H3,(H,38,39);1H4/t24-,26+;/m1./s1. The number of likely N-dealkylation sites (N-methyl/N-ethyl adjacent to an activating group) is 1. The van der Waals surface area contributed by atoms with Crippen molar-refractivity contribution in [1.82, 2.24) is 28.8 Å². The van der Waals surface area contributed by atoms with Gasteiger partial charge in [0.15, 0.2) is 5.65 Å². The molecule has 6 rings (SSSR count). The number of hydrogen-bond acceptors (Lipinski definition) is 8. The first-order valence-electron chi connectivity index (χ1n) is 14.1. The second kappa shape index (κ2) is 11.7. The maximum Gasteiger partial charge on any atom is 0.304 e. The Morgan fingerprint density at radius 2 is 1.88 bits per heavy atom. The summed E-state index contributed by atoms with van der Waals surface area (Å²) in [5.74, 6) is -0.0957. The van der Waals surface area contributed by atoms with Crippen molar-refractivity contribution in [1.29, 1.82) is 0 Å². The molecule has 2 aliphatic rings. The highest BCUT2D eigenvalue weighted by Gasteiger charge is 2.40. The van der Waals surface area contributed by atoms with Crippen molar-refractivity contribution in [3.63, 3.8) is 0 Å². The zero-order chi connectivity index (χ0) is 29.8. The van der Waals surface area contributed by atoms with Crippen molar-refractivity contribution < 1.29 is 18.3 Å². The lowest BCUT2D eigenvalue weighted by molar-refractivity contribution is -0.137. The summed E-state index contributed by atoms with van der Waals surface area (Å²) in [6.45, 7) is 8.53. The molecule has 43 heavy (non-hydrogen) atoms. The lowest BCUT2D eigenvalue weighted by Gasteiger charge is -2.40. The van der Waals surface area contributed by atoms with Gasteiger partial charge in [0.25, 0.3) is 0 Å². The van der Waals surface area contributed by atoms with E-state index in [1.165, 1.54) is 0 Å². The van der Waals surface area contributed by atoms with Gasteiger partial charge in [-0.2, -0.15) is 4.31 Å². The molecule has 1 fully saturated rings. The third kappa shape index (κ3) is 5.50. The molecule has 0 bridgehead atoms. The van der Waals surface area contributed by atoms with Crippen LogP contribution in [0.1, 0.15) is 53.4 Å². The van der Waals surface area contributed by atoms with E-state index in [1.807, 2.05) is 55.6 Å². The van der Waals surface area contributed by atoms with Crippen LogP contribution in [-0.4, -0.2) is 87.5 Å². The Kier molecular flexibility index (Phi) is 8.30. The number of rotatable bonds is 6. The summed E-state index contributed by atoms with van der Waals surface area (Å²) in [6.07, 6.45) is 3.41. The molecular formula is C31H39N7O4S. The number of benzene rings is 1. The van der Waals surface area contributed by atoms with Gasteiger partial charge in [0.05, 0.1) is 12.5 Å². The molecule has 0 aliphatic carbocycles. The van der Waals surface area contributed by atoms with Gasteiger partial charge in [-0.1, -0.05) is 25.6 Å². The SMILES string of the molecule is C.Cc1ccc([C@H](CC(=O)O)c2ccn3c(C)nnc3c2C)cc1CN1C[C@H]2CN(C)CCN2c2ncccc2S1(=O)=O. The quantitative estimate of drug-likeness (QED) is 0.351. The topological polar surface area (TPSA) is 124 Å². The Morgan fingerprint density at radius 3 is 2.65 bits per heavy atom. The van der Waals surface area contributed by atoms with Gasteiger partial charge >= 0.3 is 5.97 Å². The first-order valence-corrected chi connectivity index (χ1v) is 15.5. The third-order valence-electron chi connectivity index (χ3n) is 8.66. The minimum Gasteiger partial charge on any atom is -0.481 e. The number of carbonyl (C=O) groups is 1. The van der Waals surface area contributed by atoms with Gasteiger partial charge in [-0.15, -0.1) is 10.2 Å². The van der Waals surface area contributed by atoms with Crippen LogP contribution in [0.3, 0.4) is 0 Å². The van der Waals surface area contributed by atoms with Crippen LogP contribution in [0.2, 0.25) is 0 Å². The Balaban J connectivity index is 0.00000368. The highest BCUT2D eigenvalue weighted by atomic mass is 32.2. The Hall–Kier alpha value is -3.87. The largest absolute Gasteiger partial charge is 0.481 e. The van der Waals surface area contributed by atoms with Crippen LogP contribution >= 0.6 is 0 Å². The Morgan fingerprint density at radius 1 is 1.09 bits per heavy atom. The summed E-state index contributed by atoms with van der Waals surface area (Å²) in [4.78, 5) is 21.2. The first kappa shape index (κ1) is 30.6. The van der Waals surface area contributed by atoms with Crippen molar-refractivity contribution in [3.05, 3.63) is 82.4 Å². The van der Waals surface area contributed by atoms with Crippen LogP contribution in [-0.2, 0) is 21.4 Å². The number of aryl methyl sites for hydroxylation is 3. The van der Waals surface area contributed by atoms with E-state index in [1.54, 1.807) is 22.6 Å². The molecular weight excluding hydrogens is 566 g/mol. The van der Waals surface area contributed by atoms with E-state index in [9.17, 15) is 18.3 Å². The smallest absolute Gasteiger partial charge is 0.304 e. The first-order chi connectivity index (χ1) is 20.0. The highest BCUT2D eigenvalue weighted by molar-refractivity contribution is 7.89. The van der Waals surface area contributed by atoms with Crippen molar-refractivity contribution in [2.75, 3.05) is 38.1 Å². The summed E-state index contributed by atoms with van der Waals surface area (Å²) in [5, 5.41) is 18.4. The van der Waals surface area contributed by atoms with Gasteiger partial charge in [0, 0.05) is 51.0 Å². The van der Waals surface area contributed by atoms with Crippen LogP contribution in [0.5, 0.6) is 0 Å². The van der Waals surface area contributed by atoms with E-state index in [2.05, 4.69) is 32.0 Å². The molecule has 1 saturated heterocycles. The number of aliphatic carboxylic acids is 1. The van der Waals surface area contributed by atoms with Crippen LogP contribution in [0.25, 0.3) is 5.65 Å². The van der Waals surface area contributed by atoms with E-state index in [-0.39, 0.29) is 31.3 Å². The number of hydrogen-bond donors (Lipinski definition) is 1. The van der Waals surface area contributed by atoms with Gasteiger partial charge in [-0.3, -0.25) is 9.20 Å². The molecule has 1 aromatic carbocycles. The minimum atomic E-state index is -3.84. The summed E-state index contributed by atoms with van der Waals surface area (Å²) in [5.41, 5.74) is 5.01. The fourth-order valence-corrected chi connectivity index (χ4v) is 7.91. The molecule has 0 amide bonds. The van der Waals surface area contributed by atoms with Gasteiger partial charge in [0.2, 0.25) is 10.0 Å². The van der Waals surface area contributed by atoms with Crippen LogP contribution in [0.15, 0.2) is 53.7 Å². The zero-order valence-electron chi connectivity index (χ0n) is 24.2. The van der Waals surface area contributed by atoms with Crippen molar-refractivity contribution in [3.8, 4) is 0 Å². The number of carboxylic acid groups (broad SMARTS) is 1. The molecule has 0 unspecified atom stereocenters. The maximum atomic E-state index is 14.1. The molecule has 0 radical (unpaired) electrons. The fourth-order valence-electron chi connectivity index (χ4n) is 6.31. The molecule has 2 atom stereocenters. The van der Waals surface area contributed by atoms with Gasteiger partial charge in [-0.05, 0) is 73.8 Å². The molecule has 0 spiro atoms. The zero-order valence-corrected chi connectivity index (χ0v) is 25.0. The number of carboxylic acids is 1. The molecule has 1 N–H and O–H groups in total. The molecule has 3 aromatic heterocycles. The van der Waals surface area contributed by atoms with E-state index < -0.39 is 21.9 Å². The molecule has 11 nitrogen and oxygen atoms in total. The fraction of sp³-hybridized carbons (Fsp3) is 0.419. The van der Waals surface area contributed by atoms with Gasteiger partial charge in [0.1, 0.15) is 16.5 Å². The number of piperazine rings is 1. The minimum absolute atomic E-state index is 0. The predicted molar refractivity (Wildman–Crippen MR) is 165 cm³/mol. The number of fused-ring (bicyclic) bond motifs is 4. The van der Waals surface area contributed by atoms with Gasteiger partial charge in [-0.25, -0.2) is 13.4 Å². The summed E-state index contributed by atoms with van der Waals surface area (Å²) >= 11 is 0. The molecule has 5 heterocycles. The molecule has 2 aliphatic heterocycles. The second-order valence-electron chi connectivity index (χ2n) is 11.4. The van der Waals surface area contributed by atoms with E-state index in [0.717, 1.165) is 46.7 Å². The number of aromatic nitrogens is 4. The third-order valence-corrected chi connectivity index (χ3v) is 10.5. The number of nitrogens with zero attached hydrogens (tertiary/aromatic N) is 7. The molecule has 228 valence electrons. The lowest BCUT2D eigenvalue weighted by Crippen LogP contribution is -2.55. The van der Waals surface area contributed by atoms with Crippen molar-refractivity contribution >= 4 is 27.5 Å². The monoisotopic (exact) mass is 605 g/mol. The van der Waals surface area contributed by atoms with Crippen LogP contribution < -0.4 is 4.90 Å². The molecule has 4 aromatic rings. The summed E-state index contributed by atoms with van der Waals surface area (Å²) in [6, 6.07) is 11.1. The number of sulfonamides is 1. The average molecular weight is 606 g/mol. The maximum absolute atomic E-state index is 14.1. The number of pyridine rings is 2. The van der Waals surface area contributed by atoms with E-state index >= 15 is 0 Å². The van der Waals surface area contributed by atoms with Gasteiger partial charge < -0.3 is 14.9 Å². The normalized spacial score (nSPS) is 19.3. The molecule has 0 saturated carbocycles. The van der Waals surface area contributed by atoms with Crippen LogP contribution in [0, 0.1) is 20.8 Å². The molecule has 12 heteroatoms. The van der Waals surface area contributed by atoms with Crippen molar-refractivity contribution in [2.24, 2.45) is 0 Å². The lowest BCUT2D eigenvalue weighted by atomic mass is 9.85. The predicted octanol–water partition coefficient (Wildman–Crippen LogP) is 3.62. The van der Waals surface area contributed by atoms with E-state index in [0.29, 0.717) is 24.6 Å².